The van der Waals surface area contributed by atoms with Gasteiger partial charge in [0.2, 0.25) is 11.8 Å². The van der Waals surface area contributed by atoms with E-state index >= 15 is 0 Å². The van der Waals surface area contributed by atoms with Crippen LogP contribution in [-0.2, 0) is 11.2 Å². The molecule has 2 heterocycles. The number of alkyl halides is 3. The van der Waals surface area contributed by atoms with E-state index in [0.717, 1.165) is 11.1 Å². The maximum absolute atomic E-state index is 12.5. The quantitative estimate of drug-likeness (QED) is 0.823. The molecule has 1 N–H and O–H groups in total. The maximum Gasteiger partial charge on any atom is 0.401 e. The molecule has 1 aliphatic heterocycles. The van der Waals surface area contributed by atoms with Crippen LogP contribution in [0.15, 0.2) is 28.7 Å². The molecule has 6 nitrogen and oxygen atoms in total. The van der Waals surface area contributed by atoms with Crippen LogP contribution < -0.4 is 0 Å². The zero-order valence-electron chi connectivity index (χ0n) is 14.0. The lowest BCUT2D eigenvalue weighted by atomic mass is 9.97. The minimum atomic E-state index is -4.22. The molecule has 3 rings (SSSR count). The third-order valence-corrected chi connectivity index (χ3v) is 4.20. The molecule has 10 heteroatoms. The first-order valence-corrected chi connectivity index (χ1v) is 8.41. The summed E-state index contributed by atoms with van der Waals surface area (Å²) in [5.74, 6) is -0.989. The van der Waals surface area contributed by atoms with Gasteiger partial charge < -0.3 is 9.52 Å². The summed E-state index contributed by atoms with van der Waals surface area (Å²) in [6.45, 7) is -0.456. The molecule has 0 saturated heterocycles. The first-order chi connectivity index (χ1) is 12.7. The Hall–Kier alpha value is -2.39. The summed E-state index contributed by atoms with van der Waals surface area (Å²) < 4.78 is 42.8. The van der Waals surface area contributed by atoms with Crippen molar-refractivity contribution >= 4 is 23.1 Å². The topological polar surface area (TPSA) is 79.5 Å². The van der Waals surface area contributed by atoms with Crippen LogP contribution in [0.4, 0.5) is 13.2 Å². The van der Waals surface area contributed by atoms with E-state index in [0.29, 0.717) is 17.0 Å². The van der Waals surface area contributed by atoms with Crippen molar-refractivity contribution in [3.05, 3.63) is 40.8 Å². The van der Waals surface area contributed by atoms with Crippen LogP contribution in [0, 0.1) is 0 Å². The Morgan fingerprint density at radius 3 is 2.63 bits per heavy atom. The van der Waals surface area contributed by atoms with E-state index in [2.05, 4.69) is 10.2 Å². The zero-order chi connectivity index (χ0) is 19.6. The Labute approximate surface area is 157 Å². The summed E-state index contributed by atoms with van der Waals surface area (Å²) in [6, 6.07) is 5.06. The van der Waals surface area contributed by atoms with Crippen molar-refractivity contribution in [2.24, 2.45) is 0 Å². The van der Waals surface area contributed by atoms with Gasteiger partial charge in [0.25, 0.3) is 0 Å². The summed E-state index contributed by atoms with van der Waals surface area (Å²) in [7, 11) is 0. The fourth-order valence-corrected chi connectivity index (χ4v) is 3.08. The molecule has 0 radical (unpaired) electrons. The fourth-order valence-electron chi connectivity index (χ4n) is 2.84. The Morgan fingerprint density at radius 2 is 2.00 bits per heavy atom. The smallest absolute Gasteiger partial charge is 0.401 e. The highest BCUT2D eigenvalue weighted by atomic mass is 35.5. The van der Waals surface area contributed by atoms with E-state index in [4.69, 9.17) is 21.1 Å². The van der Waals surface area contributed by atoms with Gasteiger partial charge in [-0.1, -0.05) is 17.7 Å². The molecule has 1 aromatic heterocycles. The van der Waals surface area contributed by atoms with E-state index < -0.39 is 18.7 Å². The molecule has 0 saturated carbocycles. The molecule has 0 fully saturated rings. The second-order valence-corrected chi connectivity index (χ2v) is 6.57. The number of benzene rings is 1. The van der Waals surface area contributed by atoms with Crippen molar-refractivity contribution in [2.75, 3.05) is 19.6 Å². The van der Waals surface area contributed by atoms with Crippen molar-refractivity contribution < 1.29 is 27.5 Å². The van der Waals surface area contributed by atoms with Crippen LogP contribution in [0.5, 0.6) is 0 Å². The number of hydrogen-bond acceptors (Lipinski definition) is 5. The van der Waals surface area contributed by atoms with Crippen molar-refractivity contribution in [2.45, 2.75) is 19.0 Å². The normalized spacial score (nSPS) is 15.6. The number of carbonyl (C=O) groups is 1. The molecule has 0 aliphatic carbocycles. The summed E-state index contributed by atoms with van der Waals surface area (Å²) >= 11 is 6.16. The Bertz CT molecular complexity index is 880. The van der Waals surface area contributed by atoms with Gasteiger partial charge in [-0.3, -0.25) is 9.69 Å². The predicted octanol–water partition coefficient (Wildman–Crippen LogP) is 3.67. The van der Waals surface area contributed by atoms with E-state index in [-0.39, 0.29) is 31.3 Å². The summed E-state index contributed by atoms with van der Waals surface area (Å²) in [5.41, 5.74) is 2.14. The number of halogens is 4. The molecule has 27 heavy (non-hydrogen) atoms. The molecule has 0 bridgehead atoms. The van der Waals surface area contributed by atoms with E-state index in [1.807, 2.05) is 0 Å². The SMILES string of the molecule is O=C(O)Cc1nnc(-c2cc(Cl)cc(C3=CCN(CC(F)(F)F)CC3)c2)o1. The second-order valence-electron chi connectivity index (χ2n) is 6.13. The highest BCUT2D eigenvalue weighted by Crippen LogP contribution is 2.31. The van der Waals surface area contributed by atoms with Gasteiger partial charge in [0.15, 0.2) is 0 Å². The number of nitrogens with zero attached hydrogens (tertiary/aromatic N) is 3. The number of aromatic nitrogens is 2. The number of hydrogen-bond donors (Lipinski definition) is 1. The number of carboxylic acid groups (broad SMARTS) is 1. The van der Waals surface area contributed by atoms with Gasteiger partial charge in [0, 0.05) is 23.7 Å². The molecular formula is C17H15ClF3N3O3. The summed E-state index contributed by atoms with van der Waals surface area (Å²) in [6.07, 6.45) is -2.42. The Kier molecular flexibility index (Phi) is 5.52. The maximum atomic E-state index is 12.5. The number of aliphatic carboxylic acids is 1. The lowest BCUT2D eigenvalue weighted by molar-refractivity contribution is -0.144. The molecular weight excluding hydrogens is 387 g/mol. The largest absolute Gasteiger partial charge is 0.481 e. The molecule has 1 aromatic carbocycles. The fraction of sp³-hybridized carbons (Fsp3) is 0.353. The second kappa shape index (κ2) is 7.69. The van der Waals surface area contributed by atoms with E-state index in [1.54, 1.807) is 24.3 Å². The Morgan fingerprint density at radius 1 is 1.26 bits per heavy atom. The molecule has 144 valence electrons. The van der Waals surface area contributed by atoms with Crippen LogP contribution in [-0.4, -0.2) is 52.0 Å². The van der Waals surface area contributed by atoms with Crippen molar-refractivity contribution in [3.63, 3.8) is 0 Å². The van der Waals surface area contributed by atoms with E-state index in [1.165, 1.54) is 4.90 Å². The lowest BCUT2D eigenvalue weighted by Gasteiger charge is -2.27. The predicted molar refractivity (Wildman–Crippen MR) is 91.2 cm³/mol. The lowest BCUT2D eigenvalue weighted by Crippen LogP contribution is -2.36. The minimum absolute atomic E-state index is 0.0290. The van der Waals surface area contributed by atoms with Crippen LogP contribution >= 0.6 is 11.6 Å². The molecule has 1 aliphatic rings. The van der Waals surface area contributed by atoms with Crippen molar-refractivity contribution in [1.29, 1.82) is 0 Å². The number of rotatable bonds is 5. The standard InChI is InChI=1S/C17H15ClF3N3O3/c18-13-6-11(10-1-3-24(4-2-10)9-17(19,20)21)5-12(7-13)16-23-22-14(27-16)8-15(25)26/h1,5-7H,2-4,8-9H2,(H,25,26). The van der Waals surface area contributed by atoms with Crippen LogP contribution in [0.2, 0.25) is 5.02 Å². The first-order valence-electron chi connectivity index (χ1n) is 8.03. The summed E-state index contributed by atoms with van der Waals surface area (Å²) in [5, 5.41) is 16.7. The average molecular weight is 402 g/mol. The molecule has 2 aromatic rings. The Balaban J connectivity index is 1.80. The third-order valence-electron chi connectivity index (χ3n) is 3.98. The minimum Gasteiger partial charge on any atom is -0.481 e. The van der Waals surface area contributed by atoms with E-state index in [9.17, 15) is 18.0 Å². The van der Waals surface area contributed by atoms with Crippen molar-refractivity contribution in [3.8, 4) is 11.5 Å². The van der Waals surface area contributed by atoms with Gasteiger partial charge in [0.1, 0.15) is 6.42 Å². The first kappa shape index (κ1) is 19.4. The molecule has 0 atom stereocenters. The molecule has 0 unspecified atom stereocenters. The zero-order valence-corrected chi connectivity index (χ0v) is 14.7. The van der Waals surface area contributed by atoms with Gasteiger partial charge in [-0.15, -0.1) is 10.2 Å². The number of carboxylic acids is 1. The highest BCUT2D eigenvalue weighted by Gasteiger charge is 2.31. The highest BCUT2D eigenvalue weighted by molar-refractivity contribution is 6.31. The van der Waals surface area contributed by atoms with Gasteiger partial charge in [-0.2, -0.15) is 13.2 Å². The van der Waals surface area contributed by atoms with Crippen molar-refractivity contribution in [1.82, 2.24) is 15.1 Å². The van der Waals surface area contributed by atoms with Crippen LogP contribution in [0.25, 0.3) is 17.0 Å². The van der Waals surface area contributed by atoms with Crippen LogP contribution in [0.3, 0.4) is 0 Å². The summed E-state index contributed by atoms with van der Waals surface area (Å²) in [4.78, 5) is 12.0. The van der Waals surface area contributed by atoms with Gasteiger partial charge in [-0.25, -0.2) is 0 Å². The molecule has 0 amide bonds. The van der Waals surface area contributed by atoms with Gasteiger partial charge in [0.05, 0.1) is 6.54 Å². The van der Waals surface area contributed by atoms with Gasteiger partial charge >= 0.3 is 12.1 Å². The molecule has 0 spiro atoms. The van der Waals surface area contributed by atoms with Crippen LogP contribution in [0.1, 0.15) is 17.9 Å². The monoisotopic (exact) mass is 401 g/mol. The third kappa shape index (κ3) is 5.30. The average Bonchev–Trinajstić information content (AvgIpc) is 3.01. The van der Waals surface area contributed by atoms with Gasteiger partial charge in [-0.05, 0) is 35.8 Å².